The van der Waals surface area contributed by atoms with Gasteiger partial charge in [0.15, 0.2) is 5.78 Å². The predicted molar refractivity (Wildman–Crippen MR) is 59.4 cm³/mol. The molecule has 0 amide bonds. The number of benzene rings is 1. The van der Waals surface area contributed by atoms with E-state index in [4.69, 9.17) is 0 Å². The van der Waals surface area contributed by atoms with Crippen molar-refractivity contribution in [1.82, 2.24) is 0 Å². The van der Waals surface area contributed by atoms with Crippen LogP contribution < -0.4 is 0 Å². The molecule has 0 bridgehead atoms. The van der Waals surface area contributed by atoms with Gasteiger partial charge in [0.25, 0.3) is 0 Å². The number of hydrogen-bond acceptors (Lipinski definition) is 1. The second kappa shape index (κ2) is 4.53. The molecule has 0 saturated carbocycles. The van der Waals surface area contributed by atoms with Crippen molar-refractivity contribution in [2.45, 2.75) is 20.3 Å². The molecule has 0 radical (unpaired) electrons. The van der Waals surface area contributed by atoms with Crippen LogP contribution in [-0.4, -0.2) is 11.9 Å². The van der Waals surface area contributed by atoms with E-state index in [1.807, 2.05) is 32.0 Å². The van der Waals surface area contributed by atoms with E-state index in [1.54, 1.807) is 0 Å². The first kappa shape index (κ1) is 10.4. The van der Waals surface area contributed by atoms with Crippen LogP contribution in [0.1, 0.15) is 27.9 Å². The molecule has 0 N–H and O–H groups in total. The van der Waals surface area contributed by atoms with Gasteiger partial charge in [-0.2, -0.15) is 0 Å². The Morgan fingerprint density at radius 2 is 1.85 bits per heavy atom. The lowest BCUT2D eigenvalue weighted by molar-refractivity contribution is 0.0988. The molecule has 13 heavy (non-hydrogen) atoms. The molecule has 0 aliphatic heterocycles. The van der Waals surface area contributed by atoms with Gasteiger partial charge in [-0.1, -0.05) is 18.2 Å². The smallest absolute Gasteiger partial charge is 0.163 e. The minimum absolute atomic E-state index is 0.255. The summed E-state index contributed by atoms with van der Waals surface area (Å²) in [5.74, 6) is 0.255. The van der Waals surface area contributed by atoms with Gasteiger partial charge in [0.05, 0.1) is 0 Å². The summed E-state index contributed by atoms with van der Waals surface area (Å²) in [7, 11) is 2.59. The van der Waals surface area contributed by atoms with Crippen molar-refractivity contribution in [2.24, 2.45) is 0 Å². The predicted octanol–water partition coefficient (Wildman–Crippen LogP) is 2.75. The van der Waals surface area contributed by atoms with Crippen LogP contribution in [0.3, 0.4) is 0 Å². The van der Waals surface area contributed by atoms with Gasteiger partial charge in [0.2, 0.25) is 0 Å². The third-order valence-corrected chi connectivity index (χ3v) is 2.42. The van der Waals surface area contributed by atoms with Crippen LogP contribution in [0.5, 0.6) is 0 Å². The van der Waals surface area contributed by atoms with Crippen molar-refractivity contribution in [3.63, 3.8) is 0 Å². The average molecular weight is 194 g/mol. The van der Waals surface area contributed by atoms with Gasteiger partial charge < -0.3 is 0 Å². The van der Waals surface area contributed by atoms with E-state index >= 15 is 0 Å². The van der Waals surface area contributed by atoms with Crippen LogP contribution in [0.4, 0.5) is 0 Å². The highest BCUT2D eigenvalue weighted by molar-refractivity contribution is 7.16. The van der Waals surface area contributed by atoms with Gasteiger partial charge in [0, 0.05) is 12.0 Å². The second-order valence-corrected chi connectivity index (χ2v) is 3.81. The molecule has 2 heteroatoms. The average Bonchev–Trinajstić information content (AvgIpc) is 2.04. The third-order valence-electron chi connectivity index (χ3n) is 2.13. The molecule has 0 heterocycles. The number of ketones is 1. The maximum absolute atomic E-state index is 11.7. The van der Waals surface area contributed by atoms with Gasteiger partial charge in [0.1, 0.15) is 0 Å². The Labute approximate surface area is 81.7 Å². The molecule has 0 aromatic heterocycles. The topological polar surface area (TPSA) is 17.1 Å². The Hall–Kier alpha value is -0.680. The number of Topliss-reactive ketones (excluding diaryl/α,β-unsaturated/α-hetero) is 1. The summed E-state index contributed by atoms with van der Waals surface area (Å²) in [5, 5.41) is 0. The van der Waals surface area contributed by atoms with Gasteiger partial charge in [-0.25, -0.2) is 0 Å². The summed E-state index contributed by atoms with van der Waals surface area (Å²) < 4.78 is 0. The highest BCUT2D eigenvalue weighted by Crippen LogP contribution is 2.15. The molecule has 1 aromatic carbocycles. The Morgan fingerprint density at radius 1 is 1.31 bits per heavy atom. The molecule has 0 spiro atoms. The largest absolute Gasteiger partial charge is 0.294 e. The fraction of sp³-hybridized carbons (Fsp3) is 0.364. The molecule has 70 valence electrons. The van der Waals surface area contributed by atoms with Crippen molar-refractivity contribution in [2.75, 3.05) is 6.16 Å². The monoisotopic (exact) mass is 194 g/mol. The number of hydrogen-bond donors (Lipinski definition) is 0. The SMILES string of the molecule is Cc1cccc(C)c1C(=O)CCP. The standard InChI is InChI=1S/C11H15OP/c1-8-4-3-5-9(2)11(8)10(12)6-7-13/h3-5H,6-7,13H2,1-2H3. The van der Waals surface area contributed by atoms with Crippen molar-refractivity contribution in [3.05, 3.63) is 34.9 Å². The minimum Gasteiger partial charge on any atom is -0.294 e. The molecule has 1 unspecified atom stereocenters. The van der Waals surface area contributed by atoms with Crippen LogP contribution in [-0.2, 0) is 0 Å². The highest BCUT2D eigenvalue weighted by Gasteiger charge is 2.09. The quantitative estimate of drug-likeness (QED) is 0.534. The fourth-order valence-electron chi connectivity index (χ4n) is 1.51. The van der Waals surface area contributed by atoms with Crippen LogP contribution in [0.25, 0.3) is 0 Å². The zero-order valence-electron chi connectivity index (χ0n) is 8.13. The number of carbonyl (C=O) groups is 1. The minimum atomic E-state index is 0.255. The van der Waals surface area contributed by atoms with Gasteiger partial charge in [-0.05, 0) is 31.1 Å². The first-order valence-corrected chi connectivity index (χ1v) is 5.28. The summed E-state index contributed by atoms with van der Waals surface area (Å²) in [4.78, 5) is 11.7. The molecule has 1 atom stereocenters. The van der Waals surface area contributed by atoms with Crippen molar-refractivity contribution >= 4 is 15.0 Å². The summed E-state index contributed by atoms with van der Waals surface area (Å²) in [6.45, 7) is 3.98. The van der Waals surface area contributed by atoms with E-state index in [0.717, 1.165) is 22.9 Å². The van der Waals surface area contributed by atoms with Crippen LogP contribution in [0.15, 0.2) is 18.2 Å². The zero-order valence-corrected chi connectivity index (χ0v) is 9.29. The molecule has 0 aliphatic carbocycles. The van der Waals surface area contributed by atoms with E-state index in [9.17, 15) is 4.79 Å². The summed E-state index contributed by atoms with van der Waals surface area (Å²) >= 11 is 0. The summed E-state index contributed by atoms with van der Waals surface area (Å²) in [6, 6.07) is 5.97. The lowest BCUT2D eigenvalue weighted by Gasteiger charge is -2.07. The Kier molecular flexibility index (Phi) is 3.62. The van der Waals surface area contributed by atoms with Crippen molar-refractivity contribution < 1.29 is 4.79 Å². The fourth-order valence-corrected chi connectivity index (χ4v) is 1.77. The molecule has 1 nitrogen and oxygen atoms in total. The van der Waals surface area contributed by atoms with E-state index in [0.29, 0.717) is 6.42 Å². The lowest BCUT2D eigenvalue weighted by Crippen LogP contribution is -2.04. The van der Waals surface area contributed by atoms with Gasteiger partial charge >= 0.3 is 0 Å². The van der Waals surface area contributed by atoms with Crippen LogP contribution in [0.2, 0.25) is 0 Å². The molecular weight excluding hydrogens is 179 g/mol. The number of aryl methyl sites for hydroxylation is 2. The Balaban J connectivity index is 3.05. The molecule has 0 fully saturated rings. The summed E-state index contributed by atoms with van der Waals surface area (Å²) in [6.07, 6.45) is 1.46. The summed E-state index contributed by atoms with van der Waals surface area (Å²) in [5.41, 5.74) is 3.08. The normalized spacial score (nSPS) is 10.1. The number of rotatable bonds is 3. The number of carbonyl (C=O) groups excluding carboxylic acids is 1. The maximum atomic E-state index is 11.7. The van der Waals surface area contributed by atoms with Crippen molar-refractivity contribution in [1.29, 1.82) is 0 Å². The molecule has 1 aromatic rings. The molecule has 0 aliphatic rings. The maximum Gasteiger partial charge on any atom is 0.163 e. The lowest BCUT2D eigenvalue weighted by atomic mass is 9.98. The molecular formula is C11H15OP. The molecule has 1 rings (SSSR count). The van der Waals surface area contributed by atoms with Gasteiger partial charge in [-0.15, -0.1) is 9.24 Å². The van der Waals surface area contributed by atoms with Crippen LogP contribution in [0, 0.1) is 13.8 Å². The first-order valence-electron chi connectivity index (χ1n) is 4.46. The van der Waals surface area contributed by atoms with E-state index < -0.39 is 0 Å². The first-order chi connectivity index (χ1) is 6.16. The third kappa shape index (κ3) is 2.38. The van der Waals surface area contributed by atoms with E-state index in [-0.39, 0.29) is 5.78 Å². The van der Waals surface area contributed by atoms with Crippen molar-refractivity contribution in [3.8, 4) is 0 Å². The van der Waals surface area contributed by atoms with Crippen LogP contribution >= 0.6 is 9.24 Å². The second-order valence-electron chi connectivity index (χ2n) is 3.23. The molecule has 0 saturated heterocycles. The van der Waals surface area contributed by atoms with E-state index in [1.165, 1.54) is 0 Å². The Bertz CT molecular complexity index is 298. The van der Waals surface area contributed by atoms with Gasteiger partial charge in [-0.3, -0.25) is 4.79 Å². The Morgan fingerprint density at radius 3 is 2.31 bits per heavy atom. The van der Waals surface area contributed by atoms with E-state index in [2.05, 4.69) is 9.24 Å². The zero-order chi connectivity index (χ0) is 9.84. The highest BCUT2D eigenvalue weighted by atomic mass is 31.0.